The molecule has 0 aliphatic heterocycles. The SMILES string of the molecule is C=CCCCCC(OCC)OCC. The lowest BCUT2D eigenvalue weighted by Crippen LogP contribution is -2.16. The summed E-state index contributed by atoms with van der Waals surface area (Å²) in [4.78, 5) is 0. The minimum Gasteiger partial charge on any atom is -0.353 e. The van der Waals surface area contributed by atoms with Crippen LogP contribution in [0.4, 0.5) is 0 Å². The zero-order valence-corrected chi connectivity index (χ0v) is 8.92. The smallest absolute Gasteiger partial charge is 0.157 e. The van der Waals surface area contributed by atoms with Gasteiger partial charge in [-0.2, -0.15) is 0 Å². The van der Waals surface area contributed by atoms with E-state index < -0.39 is 0 Å². The summed E-state index contributed by atoms with van der Waals surface area (Å²) in [5.41, 5.74) is 0. The van der Waals surface area contributed by atoms with Crippen LogP contribution in [0.1, 0.15) is 39.5 Å². The van der Waals surface area contributed by atoms with Gasteiger partial charge in [-0.05, 0) is 39.5 Å². The van der Waals surface area contributed by atoms with Gasteiger partial charge in [-0.1, -0.05) is 6.08 Å². The fraction of sp³-hybridized carbons (Fsp3) is 0.818. The van der Waals surface area contributed by atoms with E-state index in [4.69, 9.17) is 9.47 Å². The highest BCUT2D eigenvalue weighted by molar-refractivity contribution is 4.65. The summed E-state index contributed by atoms with van der Waals surface area (Å²) >= 11 is 0. The molecule has 0 aromatic rings. The molecule has 78 valence electrons. The Bertz CT molecular complexity index is 107. The number of rotatable bonds is 9. The zero-order valence-electron chi connectivity index (χ0n) is 8.92. The minimum absolute atomic E-state index is 0.000171. The highest BCUT2D eigenvalue weighted by Gasteiger charge is 2.05. The van der Waals surface area contributed by atoms with Gasteiger partial charge in [0.05, 0.1) is 0 Å². The predicted octanol–water partition coefficient (Wildman–Crippen LogP) is 3.13. The molecule has 0 radical (unpaired) electrons. The summed E-state index contributed by atoms with van der Waals surface area (Å²) in [5.74, 6) is 0. The summed E-state index contributed by atoms with van der Waals surface area (Å²) in [6.07, 6.45) is 6.37. The topological polar surface area (TPSA) is 18.5 Å². The van der Waals surface area contributed by atoms with E-state index in [1.807, 2.05) is 19.9 Å². The lowest BCUT2D eigenvalue weighted by molar-refractivity contribution is -0.140. The van der Waals surface area contributed by atoms with Crippen molar-refractivity contribution >= 4 is 0 Å². The van der Waals surface area contributed by atoms with E-state index in [2.05, 4.69) is 6.58 Å². The third-order valence-corrected chi connectivity index (χ3v) is 1.80. The van der Waals surface area contributed by atoms with Gasteiger partial charge in [0.2, 0.25) is 0 Å². The molecule has 0 aromatic heterocycles. The molecule has 0 atom stereocenters. The van der Waals surface area contributed by atoms with Crippen molar-refractivity contribution in [1.29, 1.82) is 0 Å². The third kappa shape index (κ3) is 8.00. The van der Waals surface area contributed by atoms with Crippen LogP contribution in [0, 0.1) is 0 Å². The van der Waals surface area contributed by atoms with Crippen LogP contribution in [0.3, 0.4) is 0 Å². The minimum atomic E-state index is -0.000171. The Morgan fingerprint density at radius 1 is 1.15 bits per heavy atom. The second-order valence-corrected chi connectivity index (χ2v) is 2.91. The number of hydrogen-bond acceptors (Lipinski definition) is 2. The molecule has 0 saturated heterocycles. The van der Waals surface area contributed by atoms with Crippen LogP contribution >= 0.6 is 0 Å². The Hall–Kier alpha value is -0.340. The molecule has 0 bridgehead atoms. The Kier molecular flexibility index (Phi) is 9.49. The molecule has 13 heavy (non-hydrogen) atoms. The quantitative estimate of drug-likeness (QED) is 0.313. The molecule has 0 aliphatic rings. The first-order chi connectivity index (χ1) is 6.35. The number of ether oxygens (including phenoxy) is 2. The van der Waals surface area contributed by atoms with Crippen molar-refractivity contribution in [2.45, 2.75) is 45.8 Å². The summed E-state index contributed by atoms with van der Waals surface area (Å²) in [7, 11) is 0. The van der Waals surface area contributed by atoms with E-state index in [0.717, 1.165) is 32.5 Å². The van der Waals surface area contributed by atoms with Crippen molar-refractivity contribution in [1.82, 2.24) is 0 Å². The number of allylic oxidation sites excluding steroid dienone is 1. The van der Waals surface area contributed by atoms with Crippen LogP contribution in [0.25, 0.3) is 0 Å². The predicted molar refractivity (Wildman–Crippen MR) is 55.7 cm³/mol. The molecule has 0 heterocycles. The molecule has 0 aromatic carbocycles. The van der Waals surface area contributed by atoms with E-state index in [-0.39, 0.29) is 6.29 Å². The second-order valence-electron chi connectivity index (χ2n) is 2.91. The fourth-order valence-corrected chi connectivity index (χ4v) is 1.19. The first-order valence-corrected chi connectivity index (χ1v) is 5.19. The van der Waals surface area contributed by atoms with Gasteiger partial charge >= 0.3 is 0 Å². The molecule has 0 rings (SSSR count). The molecular formula is C11H22O2. The van der Waals surface area contributed by atoms with Crippen LogP contribution < -0.4 is 0 Å². The largest absolute Gasteiger partial charge is 0.353 e. The first kappa shape index (κ1) is 12.7. The molecule has 2 heteroatoms. The molecule has 2 nitrogen and oxygen atoms in total. The van der Waals surface area contributed by atoms with Gasteiger partial charge in [0.25, 0.3) is 0 Å². The van der Waals surface area contributed by atoms with E-state index in [1.54, 1.807) is 0 Å². The van der Waals surface area contributed by atoms with Crippen molar-refractivity contribution in [3.63, 3.8) is 0 Å². The lowest BCUT2D eigenvalue weighted by atomic mass is 10.2. The van der Waals surface area contributed by atoms with Crippen LogP contribution in [-0.2, 0) is 9.47 Å². The van der Waals surface area contributed by atoms with Crippen LogP contribution in [0.5, 0.6) is 0 Å². The summed E-state index contributed by atoms with van der Waals surface area (Å²) in [6.45, 7) is 9.14. The van der Waals surface area contributed by atoms with E-state index in [9.17, 15) is 0 Å². The molecule has 0 fully saturated rings. The molecule has 0 aliphatic carbocycles. The maximum absolute atomic E-state index is 5.41. The summed E-state index contributed by atoms with van der Waals surface area (Å²) < 4.78 is 10.8. The van der Waals surface area contributed by atoms with Gasteiger partial charge in [-0.25, -0.2) is 0 Å². The van der Waals surface area contributed by atoms with Crippen LogP contribution in [0.15, 0.2) is 12.7 Å². The maximum Gasteiger partial charge on any atom is 0.157 e. The van der Waals surface area contributed by atoms with Gasteiger partial charge in [0.1, 0.15) is 0 Å². The van der Waals surface area contributed by atoms with Gasteiger partial charge in [0.15, 0.2) is 6.29 Å². The Labute approximate surface area is 81.9 Å². The van der Waals surface area contributed by atoms with Crippen molar-refractivity contribution in [2.75, 3.05) is 13.2 Å². The lowest BCUT2D eigenvalue weighted by Gasteiger charge is -2.16. The fourth-order valence-electron chi connectivity index (χ4n) is 1.19. The average molecular weight is 186 g/mol. The number of hydrogen-bond donors (Lipinski definition) is 0. The van der Waals surface area contributed by atoms with Gasteiger partial charge < -0.3 is 9.47 Å². The standard InChI is InChI=1S/C11H22O2/c1-4-7-8-9-10-11(12-5-2)13-6-3/h4,11H,1,5-10H2,2-3H3. The number of unbranched alkanes of at least 4 members (excludes halogenated alkanes) is 2. The van der Waals surface area contributed by atoms with Gasteiger partial charge in [-0.3, -0.25) is 0 Å². The first-order valence-electron chi connectivity index (χ1n) is 5.19. The van der Waals surface area contributed by atoms with E-state index in [0.29, 0.717) is 0 Å². The molecule has 0 unspecified atom stereocenters. The van der Waals surface area contributed by atoms with Gasteiger partial charge in [0, 0.05) is 13.2 Å². The van der Waals surface area contributed by atoms with Crippen molar-refractivity contribution in [2.24, 2.45) is 0 Å². The van der Waals surface area contributed by atoms with E-state index in [1.165, 1.54) is 6.42 Å². The zero-order chi connectivity index (χ0) is 9.94. The van der Waals surface area contributed by atoms with Crippen molar-refractivity contribution < 1.29 is 9.47 Å². The molecule has 0 amide bonds. The Balaban J connectivity index is 3.37. The summed E-state index contributed by atoms with van der Waals surface area (Å²) in [6, 6.07) is 0. The monoisotopic (exact) mass is 186 g/mol. The second kappa shape index (κ2) is 9.75. The van der Waals surface area contributed by atoms with E-state index >= 15 is 0 Å². The Morgan fingerprint density at radius 3 is 2.23 bits per heavy atom. The maximum atomic E-state index is 5.41. The molecular weight excluding hydrogens is 164 g/mol. The van der Waals surface area contributed by atoms with Crippen LogP contribution in [0.2, 0.25) is 0 Å². The summed E-state index contributed by atoms with van der Waals surface area (Å²) in [5, 5.41) is 0. The molecule has 0 saturated carbocycles. The van der Waals surface area contributed by atoms with Crippen molar-refractivity contribution in [3.05, 3.63) is 12.7 Å². The van der Waals surface area contributed by atoms with Gasteiger partial charge in [-0.15, -0.1) is 6.58 Å². The highest BCUT2D eigenvalue weighted by Crippen LogP contribution is 2.08. The molecule has 0 N–H and O–H groups in total. The highest BCUT2D eigenvalue weighted by atomic mass is 16.7. The average Bonchev–Trinajstić information content (AvgIpc) is 2.13. The van der Waals surface area contributed by atoms with Crippen LogP contribution in [-0.4, -0.2) is 19.5 Å². The normalized spacial score (nSPS) is 10.7. The molecule has 0 spiro atoms. The Morgan fingerprint density at radius 2 is 1.77 bits per heavy atom. The van der Waals surface area contributed by atoms with Crippen molar-refractivity contribution in [3.8, 4) is 0 Å². The third-order valence-electron chi connectivity index (χ3n) is 1.80.